The molecule has 116 valence electrons. The van der Waals surface area contributed by atoms with Crippen molar-refractivity contribution in [3.05, 3.63) is 35.9 Å². The van der Waals surface area contributed by atoms with E-state index in [0.717, 1.165) is 11.3 Å². The third-order valence-corrected chi connectivity index (χ3v) is 4.46. The van der Waals surface area contributed by atoms with Gasteiger partial charge in [0.05, 0.1) is 19.4 Å². The molecule has 21 heavy (non-hydrogen) atoms. The Morgan fingerprint density at radius 2 is 1.95 bits per heavy atom. The molecule has 0 atom stereocenters. The summed E-state index contributed by atoms with van der Waals surface area (Å²) in [5, 5.41) is 2.72. The van der Waals surface area contributed by atoms with E-state index in [2.05, 4.69) is 5.32 Å². The van der Waals surface area contributed by atoms with E-state index in [1.54, 1.807) is 19.9 Å². The molecule has 1 rings (SSSR count). The first-order chi connectivity index (χ1) is 9.99. The lowest BCUT2D eigenvalue weighted by atomic mass is 10.2. The molecule has 0 aromatic heterocycles. The molecule has 1 aromatic carbocycles. The van der Waals surface area contributed by atoms with Crippen molar-refractivity contribution < 1.29 is 18.4 Å². The van der Waals surface area contributed by atoms with Crippen molar-refractivity contribution in [1.82, 2.24) is 0 Å². The standard InChI is InChI=1S/C15H22NO4P/c1-4-19-21(18,20-5-2)11-7-9-14-8-6-10-15(12-14)16-13(3)17/h6-10,12H,4-5,11H2,1-3H3,(H,16,17). The molecule has 0 bridgehead atoms. The highest BCUT2D eigenvalue weighted by Gasteiger charge is 2.20. The molecule has 5 nitrogen and oxygen atoms in total. The van der Waals surface area contributed by atoms with Crippen LogP contribution in [0.3, 0.4) is 0 Å². The van der Waals surface area contributed by atoms with Crippen LogP contribution in [0, 0.1) is 0 Å². The highest BCUT2D eigenvalue weighted by Crippen LogP contribution is 2.47. The number of carbonyl (C=O) groups excluding carboxylic acids is 1. The van der Waals surface area contributed by atoms with E-state index in [4.69, 9.17) is 9.05 Å². The molecule has 6 heteroatoms. The molecule has 0 heterocycles. The lowest BCUT2D eigenvalue weighted by Crippen LogP contribution is -2.05. The molecule has 0 spiro atoms. The fourth-order valence-corrected chi connectivity index (χ4v) is 3.21. The number of hydrogen-bond donors (Lipinski definition) is 1. The highest BCUT2D eigenvalue weighted by atomic mass is 31.2. The van der Waals surface area contributed by atoms with Gasteiger partial charge in [-0.15, -0.1) is 0 Å². The van der Waals surface area contributed by atoms with E-state index in [-0.39, 0.29) is 12.1 Å². The van der Waals surface area contributed by atoms with Crippen molar-refractivity contribution in [3.8, 4) is 0 Å². The lowest BCUT2D eigenvalue weighted by Gasteiger charge is -2.14. The number of benzene rings is 1. The normalized spacial score (nSPS) is 11.8. The minimum Gasteiger partial charge on any atom is -0.326 e. The average molecular weight is 311 g/mol. The van der Waals surface area contributed by atoms with Crippen LogP contribution in [0.1, 0.15) is 26.3 Å². The first-order valence-corrected chi connectivity index (χ1v) is 8.64. The third-order valence-electron chi connectivity index (χ3n) is 2.50. The van der Waals surface area contributed by atoms with Gasteiger partial charge in [-0.3, -0.25) is 9.36 Å². The van der Waals surface area contributed by atoms with Gasteiger partial charge in [0.2, 0.25) is 5.91 Å². The minimum absolute atomic E-state index is 0.117. The molecule has 0 aliphatic heterocycles. The number of amides is 1. The summed E-state index contributed by atoms with van der Waals surface area (Å²) in [6.45, 7) is 5.73. The Labute approximate surface area is 125 Å². The number of nitrogens with one attached hydrogen (secondary N) is 1. The van der Waals surface area contributed by atoms with Gasteiger partial charge in [-0.2, -0.15) is 0 Å². The third kappa shape index (κ3) is 6.71. The number of anilines is 1. The van der Waals surface area contributed by atoms with Crippen molar-refractivity contribution in [2.24, 2.45) is 0 Å². The van der Waals surface area contributed by atoms with Crippen LogP contribution in [0.15, 0.2) is 30.3 Å². The minimum atomic E-state index is -3.05. The van der Waals surface area contributed by atoms with Gasteiger partial charge in [-0.25, -0.2) is 0 Å². The molecule has 1 N–H and O–H groups in total. The molecule has 0 aliphatic carbocycles. The maximum Gasteiger partial charge on any atom is 0.334 e. The predicted octanol–water partition coefficient (Wildman–Crippen LogP) is 3.92. The molecule has 1 aromatic rings. The maximum absolute atomic E-state index is 12.3. The summed E-state index contributed by atoms with van der Waals surface area (Å²) in [5.74, 6) is -0.117. The van der Waals surface area contributed by atoms with Crippen molar-refractivity contribution >= 4 is 25.3 Å². The van der Waals surface area contributed by atoms with Crippen molar-refractivity contribution in [3.63, 3.8) is 0 Å². The van der Waals surface area contributed by atoms with Crippen LogP contribution in [-0.4, -0.2) is 25.3 Å². The maximum atomic E-state index is 12.3. The van der Waals surface area contributed by atoms with Crippen LogP contribution in [0.4, 0.5) is 5.69 Å². The largest absolute Gasteiger partial charge is 0.334 e. The highest BCUT2D eigenvalue weighted by molar-refractivity contribution is 7.54. The Morgan fingerprint density at radius 1 is 1.29 bits per heavy atom. The molecule has 0 radical (unpaired) electrons. The van der Waals surface area contributed by atoms with Crippen molar-refractivity contribution in [1.29, 1.82) is 0 Å². The van der Waals surface area contributed by atoms with Gasteiger partial charge in [0.1, 0.15) is 0 Å². The van der Waals surface area contributed by atoms with Crippen LogP contribution in [0.25, 0.3) is 6.08 Å². The number of carbonyl (C=O) groups is 1. The Hall–Kier alpha value is -1.42. The van der Waals surface area contributed by atoms with E-state index < -0.39 is 7.60 Å². The van der Waals surface area contributed by atoms with Gasteiger partial charge >= 0.3 is 7.60 Å². The molecule has 1 amide bonds. The van der Waals surface area contributed by atoms with Crippen LogP contribution < -0.4 is 5.32 Å². The quantitative estimate of drug-likeness (QED) is 0.739. The van der Waals surface area contributed by atoms with E-state index in [1.165, 1.54) is 6.92 Å². The second kappa shape index (κ2) is 8.78. The van der Waals surface area contributed by atoms with Crippen LogP contribution in [-0.2, 0) is 18.4 Å². The van der Waals surface area contributed by atoms with Gasteiger partial charge in [-0.1, -0.05) is 24.3 Å². The molecule has 0 unspecified atom stereocenters. The Balaban J connectivity index is 2.71. The zero-order valence-electron chi connectivity index (χ0n) is 12.7. The van der Waals surface area contributed by atoms with Gasteiger partial charge in [0.25, 0.3) is 0 Å². The summed E-state index contributed by atoms with van der Waals surface area (Å²) in [7, 11) is -3.05. The second-order valence-corrected chi connectivity index (χ2v) is 6.44. The summed E-state index contributed by atoms with van der Waals surface area (Å²) in [4.78, 5) is 11.0. The summed E-state index contributed by atoms with van der Waals surface area (Å²) < 4.78 is 22.7. The summed E-state index contributed by atoms with van der Waals surface area (Å²) >= 11 is 0. The van der Waals surface area contributed by atoms with E-state index >= 15 is 0 Å². The zero-order chi connectivity index (χ0) is 15.7. The molecule has 0 saturated carbocycles. The van der Waals surface area contributed by atoms with Gasteiger partial charge in [0.15, 0.2) is 0 Å². The topological polar surface area (TPSA) is 64.6 Å². The van der Waals surface area contributed by atoms with Crippen molar-refractivity contribution in [2.45, 2.75) is 20.8 Å². The van der Waals surface area contributed by atoms with Gasteiger partial charge in [0, 0.05) is 12.6 Å². The molecule has 0 saturated heterocycles. The van der Waals surface area contributed by atoms with Crippen LogP contribution >= 0.6 is 7.60 Å². The van der Waals surface area contributed by atoms with E-state index in [9.17, 15) is 9.36 Å². The fourth-order valence-electron chi connectivity index (χ4n) is 1.78. The van der Waals surface area contributed by atoms with Crippen LogP contribution in [0.2, 0.25) is 0 Å². The first-order valence-electron chi connectivity index (χ1n) is 6.91. The smallest absolute Gasteiger partial charge is 0.326 e. The number of rotatable bonds is 8. The van der Waals surface area contributed by atoms with Crippen molar-refractivity contribution in [2.75, 3.05) is 24.7 Å². The predicted molar refractivity (Wildman–Crippen MR) is 85.5 cm³/mol. The van der Waals surface area contributed by atoms with Crippen LogP contribution in [0.5, 0.6) is 0 Å². The summed E-state index contributed by atoms with van der Waals surface area (Å²) in [6, 6.07) is 7.39. The molecule has 0 aliphatic rings. The Kier molecular flexibility index (Phi) is 7.37. The van der Waals surface area contributed by atoms with Gasteiger partial charge in [-0.05, 0) is 31.5 Å². The summed E-state index contributed by atoms with van der Waals surface area (Å²) in [5.41, 5.74) is 1.63. The fraction of sp³-hybridized carbons (Fsp3) is 0.400. The number of hydrogen-bond acceptors (Lipinski definition) is 4. The average Bonchev–Trinajstić information content (AvgIpc) is 2.38. The SMILES string of the molecule is CCOP(=O)(CC=Cc1cccc(NC(C)=O)c1)OCC. The first kappa shape index (κ1) is 17.6. The lowest BCUT2D eigenvalue weighted by molar-refractivity contribution is -0.114. The van der Waals surface area contributed by atoms with E-state index in [1.807, 2.05) is 30.3 Å². The molecular formula is C15H22NO4P. The Morgan fingerprint density at radius 3 is 2.52 bits per heavy atom. The zero-order valence-corrected chi connectivity index (χ0v) is 13.6. The Bertz CT molecular complexity index is 532. The van der Waals surface area contributed by atoms with Gasteiger partial charge < -0.3 is 14.4 Å². The monoisotopic (exact) mass is 311 g/mol. The summed E-state index contributed by atoms with van der Waals surface area (Å²) in [6.07, 6.45) is 3.81. The number of allylic oxidation sites excluding steroid dienone is 1. The van der Waals surface area contributed by atoms with E-state index in [0.29, 0.717) is 13.2 Å². The molecular weight excluding hydrogens is 289 g/mol. The second-order valence-electron chi connectivity index (χ2n) is 4.34. The molecule has 0 fully saturated rings.